The molecule has 0 aliphatic rings. The topological polar surface area (TPSA) is 81.8 Å². The van der Waals surface area contributed by atoms with Crippen LogP contribution in [0.5, 0.6) is 0 Å². The number of rotatable bonds is 6. The lowest BCUT2D eigenvalue weighted by atomic mass is 10.0. The first-order valence-corrected chi connectivity index (χ1v) is 9.21. The van der Waals surface area contributed by atoms with Crippen LogP contribution < -0.4 is 11.0 Å². The monoisotopic (exact) mass is 363 g/mol. The molecule has 0 saturated heterocycles. The van der Waals surface area contributed by atoms with Crippen molar-refractivity contribution in [3.63, 3.8) is 0 Å². The highest BCUT2D eigenvalue weighted by molar-refractivity contribution is 7.12. The van der Waals surface area contributed by atoms with Crippen LogP contribution in [0.25, 0.3) is 5.00 Å². The van der Waals surface area contributed by atoms with Gasteiger partial charge in [0.05, 0.1) is 6.04 Å². The summed E-state index contributed by atoms with van der Waals surface area (Å²) in [6.07, 6.45) is 0. The third-order valence-corrected chi connectivity index (χ3v) is 5.28. The lowest BCUT2D eigenvalue weighted by Gasteiger charge is -2.21. The van der Waals surface area contributed by atoms with Crippen LogP contribution in [0.2, 0.25) is 0 Å². The van der Waals surface area contributed by atoms with Gasteiger partial charge in [0.1, 0.15) is 11.5 Å². The maximum absolute atomic E-state index is 12.3. The van der Waals surface area contributed by atoms with Crippen molar-refractivity contribution in [2.75, 3.05) is 0 Å². The van der Waals surface area contributed by atoms with Crippen LogP contribution in [-0.4, -0.2) is 25.7 Å². The molecule has 3 aromatic rings. The van der Waals surface area contributed by atoms with Crippen LogP contribution in [0, 0.1) is 5.92 Å². The lowest BCUT2D eigenvalue weighted by molar-refractivity contribution is -0.123. The third-order valence-electron chi connectivity index (χ3n) is 3.48. The molecule has 7 nitrogen and oxygen atoms in total. The molecule has 0 aromatic carbocycles. The van der Waals surface area contributed by atoms with Gasteiger partial charge in [-0.15, -0.1) is 22.7 Å². The highest BCUT2D eigenvalue weighted by atomic mass is 32.1. The van der Waals surface area contributed by atoms with Gasteiger partial charge in [-0.25, -0.2) is 4.79 Å². The van der Waals surface area contributed by atoms with Gasteiger partial charge in [-0.3, -0.25) is 4.79 Å². The maximum Gasteiger partial charge on any atom is 0.369 e. The molecule has 3 rings (SSSR count). The zero-order valence-corrected chi connectivity index (χ0v) is 14.9. The summed E-state index contributed by atoms with van der Waals surface area (Å²) in [5, 5.41) is 15.1. The Bertz CT molecular complexity index is 849. The maximum atomic E-state index is 12.3. The fraction of sp³-hybridized carbons (Fsp3) is 0.333. The van der Waals surface area contributed by atoms with Crippen molar-refractivity contribution in [3.8, 4) is 5.00 Å². The van der Waals surface area contributed by atoms with E-state index in [-0.39, 0.29) is 24.4 Å². The Labute approximate surface area is 146 Å². The third kappa shape index (κ3) is 3.46. The number of amides is 1. The van der Waals surface area contributed by atoms with Crippen molar-refractivity contribution in [2.45, 2.75) is 26.4 Å². The molecule has 0 aliphatic heterocycles. The van der Waals surface area contributed by atoms with Crippen molar-refractivity contribution >= 4 is 28.6 Å². The van der Waals surface area contributed by atoms with E-state index in [9.17, 15) is 9.59 Å². The Balaban J connectivity index is 1.72. The van der Waals surface area contributed by atoms with E-state index in [1.807, 2.05) is 42.8 Å². The van der Waals surface area contributed by atoms with Crippen molar-refractivity contribution < 1.29 is 4.79 Å². The SMILES string of the molecule is CC(C)C(NC(=O)Cn1nnn(-c2cccs2)c1=O)c1cccs1. The van der Waals surface area contributed by atoms with Crippen molar-refractivity contribution in [2.24, 2.45) is 5.92 Å². The van der Waals surface area contributed by atoms with E-state index in [2.05, 4.69) is 15.7 Å². The number of aromatic nitrogens is 4. The molecule has 1 N–H and O–H groups in total. The minimum absolute atomic E-state index is 0.0828. The zero-order chi connectivity index (χ0) is 17.1. The molecule has 126 valence electrons. The molecule has 0 bridgehead atoms. The number of hydrogen-bond donors (Lipinski definition) is 1. The molecule has 0 fully saturated rings. The van der Waals surface area contributed by atoms with Crippen LogP contribution in [0.4, 0.5) is 0 Å². The number of carbonyl (C=O) groups is 1. The fourth-order valence-electron chi connectivity index (χ4n) is 2.29. The highest BCUT2D eigenvalue weighted by Crippen LogP contribution is 2.25. The lowest BCUT2D eigenvalue weighted by Crippen LogP contribution is -2.36. The Morgan fingerprint density at radius 3 is 2.58 bits per heavy atom. The van der Waals surface area contributed by atoms with E-state index in [0.717, 1.165) is 9.56 Å². The largest absolute Gasteiger partial charge is 0.369 e. The predicted molar refractivity (Wildman–Crippen MR) is 93.5 cm³/mol. The van der Waals surface area contributed by atoms with E-state index in [1.165, 1.54) is 16.0 Å². The van der Waals surface area contributed by atoms with Gasteiger partial charge in [-0.05, 0) is 45.3 Å². The van der Waals surface area contributed by atoms with E-state index in [0.29, 0.717) is 5.00 Å². The van der Waals surface area contributed by atoms with Crippen molar-refractivity contribution in [3.05, 3.63) is 50.4 Å². The first-order chi connectivity index (χ1) is 11.6. The van der Waals surface area contributed by atoms with E-state index < -0.39 is 5.69 Å². The molecule has 0 aliphatic carbocycles. The zero-order valence-electron chi connectivity index (χ0n) is 13.2. The van der Waals surface area contributed by atoms with Crippen LogP contribution in [0.3, 0.4) is 0 Å². The number of nitrogens with zero attached hydrogens (tertiary/aromatic N) is 4. The van der Waals surface area contributed by atoms with Gasteiger partial charge in [-0.1, -0.05) is 19.9 Å². The molecular weight excluding hydrogens is 346 g/mol. The summed E-state index contributed by atoms with van der Waals surface area (Å²) >= 11 is 2.98. The summed E-state index contributed by atoms with van der Waals surface area (Å²) in [4.78, 5) is 25.7. The number of tetrazole rings is 1. The van der Waals surface area contributed by atoms with E-state index in [1.54, 1.807) is 17.4 Å². The van der Waals surface area contributed by atoms with Gasteiger partial charge in [-0.2, -0.15) is 9.36 Å². The van der Waals surface area contributed by atoms with Gasteiger partial charge in [0, 0.05) is 4.88 Å². The Morgan fingerprint density at radius 1 is 1.21 bits per heavy atom. The second kappa shape index (κ2) is 7.10. The average Bonchev–Trinajstić information content (AvgIpc) is 3.27. The molecular formula is C15H17N5O2S2. The summed E-state index contributed by atoms with van der Waals surface area (Å²) in [5.41, 5.74) is -0.426. The number of nitrogens with one attached hydrogen (secondary N) is 1. The van der Waals surface area contributed by atoms with E-state index in [4.69, 9.17) is 0 Å². The number of thiophene rings is 2. The number of hydrogen-bond acceptors (Lipinski definition) is 6. The summed E-state index contributed by atoms with van der Waals surface area (Å²) in [6.45, 7) is 3.94. The minimum Gasteiger partial charge on any atom is -0.347 e. The van der Waals surface area contributed by atoms with Gasteiger partial charge >= 0.3 is 5.69 Å². The van der Waals surface area contributed by atoms with Crippen LogP contribution >= 0.6 is 22.7 Å². The Hall–Kier alpha value is -2.26. The predicted octanol–water partition coefficient (Wildman–Crippen LogP) is 2.07. The quantitative estimate of drug-likeness (QED) is 0.727. The smallest absolute Gasteiger partial charge is 0.347 e. The van der Waals surface area contributed by atoms with Gasteiger partial charge in [0.15, 0.2) is 0 Å². The fourth-order valence-corrected chi connectivity index (χ4v) is 3.91. The Kier molecular flexibility index (Phi) is 4.91. The standard InChI is InChI=1S/C15H17N5O2S2/c1-10(2)14(11-5-3-7-23-11)16-12(21)9-19-15(22)20(18-17-19)13-6-4-8-24-13/h3-8,10,14H,9H2,1-2H3,(H,16,21). The first kappa shape index (κ1) is 16.6. The summed E-state index contributed by atoms with van der Waals surface area (Å²) < 4.78 is 2.26. The van der Waals surface area contributed by atoms with Gasteiger partial charge in [0.2, 0.25) is 5.91 Å². The molecule has 24 heavy (non-hydrogen) atoms. The van der Waals surface area contributed by atoms with Crippen molar-refractivity contribution in [1.82, 2.24) is 25.1 Å². The van der Waals surface area contributed by atoms with Crippen LogP contribution in [0.1, 0.15) is 24.8 Å². The van der Waals surface area contributed by atoms with Gasteiger partial charge < -0.3 is 5.32 Å². The van der Waals surface area contributed by atoms with Crippen molar-refractivity contribution in [1.29, 1.82) is 0 Å². The summed E-state index contributed by atoms with van der Waals surface area (Å²) in [6, 6.07) is 7.47. The van der Waals surface area contributed by atoms with E-state index >= 15 is 0 Å². The average molecular weight is 363 g/mol. The Morgan fingerprint density at radius 2 is 1.96 bits per heavy atom. The van der Waals surface area contributed by atoms with Crippen LogP contribution in [-0.2, 0) is 11.3 Å². The highest BCUT2D eigenvalue weighted by Gasteiger charge is 2.20. The minimum atomic E-state index is -0.426. The molecule has 3 heterocycles. The molecule has 0 spiro atoms. The normalized spacial score (nSPS) is 12.5. The molecule has 0 saturated carbocycles. The second-order valence-corrected chi connectivity index (χ2v) is 7.49. The second-order valence-electron chi connectivity index (χ2n) is 5.59. The molecule has 9 heteroatoms. The molecule has 3 aromatic heterocycles. The van der Waals surface area contributed by atoms with Crippen LogP contribution in [0.15, 0.2) is 39.8 Å². The summed E-state index contributed by atoms with van der Waals surface area (Å²) in [5.74, 6) is -0.0199. The molecule has 1 amide bonds. The number of carbonyl (C=O) groups excluding carboxylic acids is 1. The molecule has 1 atom stereocenters. The molecule has 0 radical (unpaired) electrons. The first-order valence-electron chi connectivity index (χ1n) is 7.45. The van der Waals surface area contributed by atoms with Gasteiger partial charge in [0.25, 0.3) is 0 Å². The summed E-state index contributed by atoms with van der Waals surface area (Å²) in [7, 11) is 0. The molecule has 1 unspecified atom stereocenters.